The summed E-state index contributed by atoms with van der Waals surface area (Å²) in [6, 6.07) is 0. The Kier molecular flexibility index (Phi) is 15.5. The van der Waals surface area contributed by atoms with E-state index in [1.165, 1.54) is 0 Å². The van der Waals surface area contributed by atoms with Gasteiger partial charge in [0.15, 0.2) is 5.60 Å². The average molecular weight is 410 g/mol. The fraction of sp³-hybridized carbons (Fsp3) is 0.667. The van der Waals surface area contributed by atoms with Gasteiger partial charge in [0, 0.05) is 0 Å². The second kappa shape index (κ2) is 13.8. The van der Waals surface area contributed by atoms with Crippen molar-refractivity contribution in [1.29, 1.82) is 0 Å². The molecule has 0 spiro atoms. The molecule has 0 saturated heterocycles. The first kappa shape index (κ1) is 30.4. The maximum atomic E-state index is 10.3. The van der Waals surface area contributed by atoms with Crippen LogP contribution in [0.4, 0.5) is 0 Å². The molecule has 4 unspecified atom stereocenters. The van der Waals surface area contributed by atoms with E-state index in [1.54, 1.807) is 0 Å². The van der Waals surface area contributed by atoms with Crippen LogP contribution in [0.2, 0.25) is 0 Å². The predicted octanol–water partition coefficient (Wildman–Crippen LogP) is -9.07. The second-order valence-corrected chi connectivity index (χ2v) is 4.97. The monoisotopic (exact) mass is 410 g/mol. The quantitative estimate of drug-likeness (QED) is 0.151. The molecular weight excluding hydrogens is 391 g/mol. The van der Waals surface area contributed by atoms with Crippen molar-refractivity contribution in [3.63, 3.8) is 0 Å². The number of carboxylic acids is 4. The summed E-state index contributed by atoms with van der Waals surface area (Å²) < 4.78 is 0. The number of carbonyl (C=O) groups excluding carboxylic acids is 1. The standard InChI is InChI=1S/C6H8O7.C6H12O7.Na/c7-3(8)1-6(13,5(11)12)2-4(9)10;7-1-2(8)3(9)4(10)5(11)6(12)13;/h13H,1-2H2,(H,7,8)(H,9,10)(H,11,12);2-5,7-11H,1H2,(H,12,13);/q;;+1/p-1. The van der Waals surface area contributed by atoms with Gasteiger partial charge in [-0.1, -0.05) is 0 Å². The number of hydrogen-bond acceptors (Lipinski definition) is 11. The van der Waals surface area contributed by atoms with Crippen LogP contribution in [0.1, 0.15) is 12.8 Å². The molecule has 0 aromatic carbocycles. The normalized spacial score (nSPS) is 15.0. The Morgan fingerprint density at radius 1 is 0.852 bits per heavy atom. The largest absolute Gasteiger partial charge is 1.00 e. The van der Waals surface area contributed by atoms with Gasteiger partial charge >= 0.3 is 47.5 Å². The summed E-state index contributed by atoms with van der Waals surface area (Å²) in [5.74, 6) is -6.99. The molecule has 0 aliphatic heterocycles. The predicted molar refractivity (Wildman–Crippen MR) is 73.2 cm³/mol. The zero-order valence-electron chi connectivity index (χ0n) is 14.0. The minimum atomic E-state index is -2.74. The van der Waals surface area contributed by atoms with E-state index in [-0.39, 0.29) is 29.6 Å². The Labute approximate surface area is 173 Å². The molecule has 0 aliphatic rings. The summed E-state index contributed by atoms with van der Waals surface area (Å²) in [6.07, 6.45) is -10.4. The van der Waals surface area contributed by atoms with Crippen molar-refractivity contribution >= 4 is 23.9 Å². The molecule has 0 fully saturated rings. The summed E-state index contributed by atoms with van der Waals surface area (Å²) >= 11 is 0. The molecule has 15 heteroatoms. The molecule has 0 aliphatic carbocycles. The zero-order chi connectivity index (χ0) is 21.2. The molecule has 0 amide bonds. The minimum Gasteiger partial charge on any atom is -0.547 e. The van der Waals surface area contributed by atoms with Crippen LogP contribution in [-0.4, -0.2) is 106 Å². The molecule has 0 aromatic rings. The SMILES string of the molecule is O=C(O)CC(O)(CC(=O)O)C(=O)O.O=C([O-])C(O)C(O)C(O)C(O)CO.[Na+]. The van der Waals surface area contributed by atoms with Crippen molar-refractivity contribution in [2.75, 3.05) is 6.61 Å². The Balaban J connectivity index is -0.000000411. The van der Waals surface area contributed by atoms with Gasteiger partial charge in [-0.05, 0) is 0 Å². The number of carbonyl (C=O) groups is 4. The van der Waals surface area contributed by atoms with E-state index in [1.807, 2.05) is 0 Å². The Bertz CT molecular complexity index is 492. The molecule has 0 heterocycles. The van der Waals surface area contributed by atoms with Crippen LogP contribution >= 0.6 is 0 Å². The maximum absolute atomic E-state index is 10.3. The molecule has 0 rings (SSSR count). The van der Waals surface area contributed by atoms with Gasteiger partial charge in [-0.3, -0.25) is 9.59 Å². The van der Waals surface area contributed by atoms with Gasteiger partial charge < -0.3 is 55.9 Å². The smallest absolute Gasteiger partial charge is 0.547 e. The van der Waals surface area contributed by atoms with Crippen LogP contribution in [0.3, 0.4) is 0 Å². The van der Waals surface area contributed by atoms with Crippen LogP contribution in [0.15, 0.2) is 0 Å². The second-order valence-electron chi connectivity index (χ2n) is 4.97. The van der Waals surface area contributed by atoms with E-state index in [4.69, 9.17) is 46.0 Å². The molecule has 0 bridgehead atoms. The van der Waals surface area contributed by atoms with Gasteiger partial charge in [0.25, 0.3) is 0 Å². The van der Waals surface area contributed by atoms with Crippen molar-refractivity contribution in [1.82, 2.24) is 0 Å². The first-order valence-electron chi connectivity index (χ1n) is 6.63. The molecular formula is C12H19NaO14. The van der Waals surface area contributed by atoms with Gasteiger partial charge in [-0.25, -0.2) is 4.79 Å². The topological polar surface area (TPSA) is 273 Å². The minimum absolute atomic E-state index is 0. The Hall–Kier alpha value is -1.36. The Morgan fingerprint density at radius 3 is 1.44 bits per heavy atom. The molecule has 0 saturated carbocycles. The third-order valence-electron chi connectivity index (χ3n) is 2.78. The van der Waals surface area contributed by atoms with Gasteiger partial charge in [0.05, 0.1) is 25.4 Å². The molecule has 0 aromatic heterocycles. The fourth-order valence-corrected chi connectivity index (χ4v) is 1.38. The van der Waals surface area contributed by atoms with Crippen molar-refractivity contribution in [2.24, 2.45) is 0 Å². The number of hydrogen-bond donors (Lipinski definition) is 9. The summed E-state index contributed by atoms with van der Waals surface area (Å²) in [7, 11) is 0. The Morgan fingerprint density at radius 2 is 1.22 bits per heavy atom. The summed E-state index contributed by atoms with van der Waals surface area (Å²) in [4.78, 5) is 40.5. The van der Waals surface area contributed by atoms with E-state index in [0.29, 0.717) is 0 Å². The number of aliphatic carboxylic acids is 4. The van der Waals surface area contributed by atoms with Crippen LogP contribution in [0.25, 0.3) is 0 Å². The summed E-state index contributed by atoms with van der Waals surface area (Å²) in [6.45, 7) is -0.863. The molecule has 4 atom stereocenters. The van der Waals surface area contributed by atoms with E-state index >= 15 is 0 Å². The van der Waals surface area contributed by atoms with Gasteiger partial charge in [0.2, 0.25) is 0 Å². The molecule has 0 radical (unpaired) electrons. The number of aliphatic hydroxyl groups excluding tert-OH is 5. The van der Waals surface area contributed by atoms with Crippen molar-refractivity contribution in [3.8, 4) is 0 Å². The maximum Gasteiger partial charge on any atom is 1.00 e. The molecule has 152 valence electrons. The van der Waals surface area contributed by atoms with Crippen LogP contribution in [0.5, 0.6) is 0 Å². The van der Waals surface area contributed by atoms with E-state index in [0.717, 1.165) is 0 Å². The summed E-state index contributed by atoms with van der Waals surface area (Å²) in [5, 5.41) is 87.2. The van der Waals surface area contributed by atoms with Crippen molar-refractivity contribution in [3.05, 3.63) is 0 Å². The van der Waals surface area contributed by atoms with Crippen molar-refractivity contribution < 1.29 is 99.8 Å². The zero-order valence-corrected chi connectivity index (χ0v) is 16.0. The average Bonchev–Trinajstić information content (AvgIpc) is 2.50. The molecule has 14 nitrogen and oxygen atoms in total. The van der Waals surface area contributed by atoms with Gasteiger partial charge in [-0.15, -0.1) is 0 Å². The summed E-state index contributed by atoms with van der Waals surface area (Å²) in [5.41, 5.74) is -2.74. The van der Waals surface area contributed by atoms with E-state index in [2.05, 4.69) is 0 Å². The van der Waals surface area contributed by atoms with E-state index in [9.17, 15) is 24.3 Å². The number of carboxylic acid groups (broad SMARTS) is 4. The molecule has 27 heavy (non-hydrogen) atoms. The van der Waals surface area contributed by atoms with Crippen molar-refractivity contribution in [2.45, 2.75) is 42.9 Å². The fourth-order valence-electron chi connectivity index (χ4n) is 1.38. The third kappa shape index (κ3) is 11.9. The first-order valence-corrected chi connectivity index (χ1v) is 6.63. The molecule has 9 N–H and O–H groups in total. The van der Waals surface area contributed by atoms with Crippen LogP contribution in [-0.2, 0) is 19.2 Å². The van der Waals surface area contributed by atoms with Gasteiger partial charge in [0.1, 0.15) is 24.4 Å². The third-order valence-corrected chi connectivity index (χ3v) is 2.78. The first-order chi connectivity index (χ1) is 11.7. The van der Waals surface area contributed by atoms with Crippen LogP contribution in [0, 0.1) is 0 Å². The van der Waals surface area contributed by atoms with Crippen LogP contribution < -0.4 is 34.7 Å². The van der Waals surface area contributed by atoms with E-state index < -0.39 is 73.3 Å². The number of aliphatic hydroxyl groups is 6. The van der Waals surface area contributed by atoms with Gasteiger partial charge in [-0.2, -0.15) is 0 Å². The number of rotatable bonds is 10.